The fraction of sp³-hybridized carbons (Fsp3) is 0.591. The Morgan fingerprint density at radius 2 is 2.14 bits per heavy atom. The monoisotopic (exact) mass is 396 g/mol. The number of likely N-dealkylation sites (tertiary alicyclic amines) is 1. The summed E-state index contributed by atoms with van der Waals surface area (Å²) in [4.78, 5) is 32.1. The van der Waals surface area contributed by atoms with Crippen molar-refractivity contribution in [3.8, 4) is 0 Å². The summed E-state index contributed by atoms with van der Waals surface area (Å²) in [6.07, 6.45) is 9.89. The second-order valence-electron chi connectivity index (χ2n) is 9.47. The SMILES string of the molecule is CC(C)(C(=O)N1CC2(CC(NC(=O)Cc3ccco3)c3nccn32)C1)C1CCC1. The number of nitrogens with zero attached hydrogens (tertiary/aromatic N) is 3. The van der Waals surface area contributed by atoms with Gasteiger partial charge in [0.05, 0.1) is 24.3 Å². The molecule has 0 bridgehead atoms. The Bertz CT molecular complexity index is 920. The van der Waals surface area contributed by atoms with Gasteiger partial charge >= 0.3 is 0 Å². The van der Waals surface area contributed by atoms with Gasteiger partial charge in [-0.3, -0.25) is 9.59 Å². The molecule has 1 atom stereocenters. The molecular formula is C22H28N4O3. The summed E-state index contributed by atoms with van der Waals surface area (Å²) in [5.41, 5.74) is -0.438. The van der Waals surface area contributed by atoms with Crippen molar-refractivity contribution in [2.75, 3.05) is 13.1 Å². The number of aromatic nitrogens is 2. The minimum absolute atomic E-state index is 0.0741. The van der Waals surface area contributed by atoms with Gasteiger partial charge in [0.2, 0.25) is 11.8 Å². The highest BCUT2D eigenvalue weighted by molar-refractivity contribution is 5.83. The molecule has 5 rings (SSSR count). The van der Waals surface area contributed by atoms with Crippen LogP contribution in [-0.2, 0) is 21.5 Å². The highest BCUT2D eigenvalue weighted by Gasteiger charge is 2.56. The summed E-state index contributed by atoms with van der Waals surface area (Å²) >= 11 is 0. The molecule has 2 amide bonds. The van der Waals surface area contributed by atoms with E-state index in [1.165, 1.54) is 6.42 Å². The quantitative estimate of drug-likeness (QED) is 0.843. The van der Waals surface area contributed by atoms with E-state index in [4.69, 9.17) is 4.42 Å². The molecule has 0 aromatic carbocycles. The summed E-state index contributed by atoms with van der Waals surface area (Å²) in [6, 6.07) is 3.45. The number of nitrogens with one attached hydrogen (secondary N) is 1. The maximum absolute atomic E-state index is 13.1. The van der Waals surface area contributed by atoms with Crippen molar-refractivity contribution in [3.05, 3.63) is 42.4 Å². The molecule has 1 aliphatic carbocycles. The van der Waals surface area contributed by atoms with Crippen LogP contribution < -0.4 is 5.32 Å². The molecule has 2 aliphatic heterocycles. The lowest BCUT2D eigenvalue weighted by Gasteiger charge is -2.53. The predicted octanol–water partition coefficient (Wildman–Crippen LogP) is 2.64. The number of carbonyl (C=O) groups is 2. The number of furan rings is 1. The Kier molecular flexibility index (Phi) is 4.12. The van der Waals surface area contributed by atoms with Crippen molar-refractivity contribution in [2.24, 2.45) is 11.3 Å². The lowest BCUT2D eigenvalue weighted by Crippen LogP contribution is -2.65. The summed E-state index contributed by atoms with van der Waals surface area (Å²) in [5, 5.41) is 3.11. The summed E-state index contributed by atoms with van der Waals surface area (Å²) in [7, 11) is 0. The van der Waals surface area contributed by atoms with Crippen LogP contribution in [0.4, 0.5) is 0 Å². The molecule has 1 saturated heterocycles. The van der Waals surface area contributed by atoms with E-state index in [9.17, 15) is 9.59 Å². The number of hydrogen-bond donors (Lipinski definition) is 1. The number of fused-ring (bicyclic) bond motifs is 2. The van der Waals surface area contributed by atoms with Crippen LogP contribution in [0.1, 0.15) is 57.2 Å². The first kappa shape index (κ1) is 18.5. The molecule has 2 aromatic rings. The smallest absolute Gasteiger partial charge is 0.228 e. The fourth-order valence-electron chi connectivity index (χ4n) is 5.28. The molecule has 29 heavy (non-hydrogen) atoms. The summed E-state index contributed by atoms with van der Waals surface area (Å²) in [5.74, 6) is 2.22. The van der Waals surface area contributed by atoms with Crippen molar-refractivity contribution in [1.29, 1.82) is 0 Å². The van der Waals surface area contributed by atoms with Crippen molar-refractivity contribution in [3.63, 3.8) is 0 Å². The third-order valence-corrected chi connectivity index (χ3v) is 7.26. The van der Waals surface area contributed by atoms with E-state index in [0.29, 0.717) is 24.8 Å². The fourth-order valence-corrected chi connectivity index (χ4v) is 5.28. The number of amides is 2. The molecule has 0 radical (unpaired) electrons. The zero-order valence-electron chi connectivity index (χ0n) is 17.1. The zero-order chi connectivity index (χ0) is 20.2. The molecule has 2 fully saturated rings. The molecular weight excluding hydrogens is 368 g/mol. The number of hydrogen-bond acceptors (Lipinski definition) is 4. The van der Waals surface area contributed by atoms with E-state index >= 15 is 0 Å². The molecule has 7 nitrogen and oxygen atoms in total. The predicted molar refractivity (Wildman–Crippen MR) is 106 cm³/mol. The first-order valence-electron chi connectivity index (χ1n) is 10.5. The van der Waals surface area contributed by atoms with E-state index < -0.39 is 0 Å². The molecule has 3 aliphatic rings. The van der Waals surface area contributed by atoms with Crippen molar-refractivity contribution in [1.82, 2.24) is 19.8 Å². The minimum atomic E-state index is -0.285. The van der Waals surface area contributed by atoms with E-state index in [0.717, 1.165) is 25.1 Å². The van der Waals surface area contributed by atoms with E-state index in [-0.39, 0.29) is 35.2 Å². The Morgan fingerprint density at radius 1 is 1.34 bits per heavy atom. The first-order chi connectivity index (χ1) is 13.9. The standard InChI is InChI=1S/C22H28N4O3/c1-21(2,15-5-3-6-15)20(28)25-13-22(14-25)12-17(19-23-8-9-26(19)22)24-18(27)11-16-7-4-10-29-16/h4,7-10,15,17H,3,5-6,11-14H2,1-2H3,(H,24,27). The molecule has 7 heteroatoms. The van der Waals surface area contributed by atoms with Gasteiger partial charge in [0.1, 0.15) is 11.6 Å². The Balaban J connectivity index is 1.26. The van der Waals surface area contributed by atoms with Crippen molar-refractivity contribution < 1.29 is 14.0 Å². The van der Waals surface area contributed by atoms with Crippen LogP contribution >= 0.6 is 0 Å². The van der Waals surface area contributed by atoms with Gasteiger partial charge in [-0.1, -0.05) is 20.3 Å². The zero-order valence-corrected chi connectivity index (χ0v) is 17.1. The van der Waals surface area contributed by atoms with E-state index in [1.807, 2.05) is 11.1 Å². The number of rotatable bonds is 5. The van der Waals surface area contributed by atoms with Crippen molar-refractivity contribution >= 4 is 11.8 Å². The van der Waals surface area contributed by atoms with Gasteiger partial charge in [0, 0.05) is 37.3 Å². The van der Waals surface area contributed by atoms with Gasteiger partial charge in [0.15, 0.2) is 0 Å². The second-order valence-corrected chi connectivity index (χ2v) is 9.47. The van der Waals surface area contributed by atoms with Crippen LogP contribution in [0.15, 0.2) is 35.2 Å². The van der Waals surface area contributed by atoms with Crippen LogP contribution in [0.5, 0.6) is 0 Å². The molecule has 1 saturated carbocycles. The van der Waals surface area contributed by atoms with Gasteiger partial charge in [-0.2, -0.15) is 0 Å². The van der Waals surface area contributed by atoms with E-state index in [2.05, 4.69) is 28.7 Å². The van der Waals surface area contributed by atoms with Crippen LogP contribution in [-0.4, -0.2) is 39.4 Å². The lowest BCUT2D eigenvalue weighted by atomic mass is 9.66. The average molecular weight is 396 g/mol. The molecule has 4 heterocycles. The molecule has 2 aromatic heterocycles. The van der Waals surface area contributed by atoms with Crippen molar-refractivity contribution in [2.45, 2.75) is 57.5 Å². The Morgan fingerprint density at radius 3 is 2.79 bits per heavy atom. The van der Waals surface area contributed by atoms with Crippen LogP contribution in [0, 0.1) is 11.3 Å². The van der Waals surface area contributed by atoms with Gasteiger partial charge in [-0.15, -0.1) is 0 Å². The lowest BCUT2D eigenvalue weighted by molar-refractivity contribution is -0.156. The van der Waals surface area contributed by atoms with Crippen LogP contribution in [0.25, 0.3) is 0 Å². The topological polar surface area (TPSA) is 80.4 Å². The largest absolute Gasteiger partial charge is 0.469 e. The van der Waals surface area contributed by atoms with Gasteiger partial charge in [-0.25, -0.2) is 4.98 Å². The normalized spacial score (nSPS) is 22.8. The maximum atomic E-state index is 13.1. The molecule has 154 valence electrons. The van der Waals surface area contributed by atoms with Gasteiger partial charge in [-0.05, 0) is 30.9 Å². The third-order valence-electron chi connectivity index (χ3n) is 7.26. The highest BCUT2D eigenvalue weighted by Crippen LogP contribution is 2.48. The van der Waals surface area contributed by atoms with Gasteiger partial charge in [0.25, 0.3) is 0 Å². The molecule has 1 spiro atoms. The minimum Gasteiger partial charge on any atom is -0.469 e. The molecule has 1 unspecified atom stereocenters. The average Bonchev–Trinajstić information content (AvgIpc) is 3.29. The third kappa shape index (κ3) is 2.90. The second kappa shape index (κ2) is 6.47. The number of carbonyl (C=O) groups excluding carboxylic acids is 2. The molecule has 1 N–H and O–H groups in total. The highest BCUT2D eigenvalue weighted by atomic mass is 16.3. The van der Waals surface area contributed by atoms with Crippen LogP contribution in [0.3, 0.4) is 0 Å². The van der Waals surface area contributed by atoms with E-state index in [1.54, 1.807) is 24.6 Å². The Labute approximate surface area is 170 Å². The first-order valence-corrected chi connectivity index (χ1v) is 10.5. The maximum Gasteiger partial charge on any atom is 0.228 e. The van der Waals surface area contributed by atoms with Crippen LogP contribution in [0.2, 0.25) is 0 Å². The number of imidazole rings is 1. The Hall–Kier alpha value is -2.57. The summed E-state index contributed by atoms with van der Waals surface area (Å²) in [6.45, 7) is 5.57. The van der Waals surface area contributed by atoms with Gasteiger partial charge < -0.3 is 19.2 Å². The summed E-state index contributed by atoms with van der Waals surface area (Å²) < 4.78 is 7.45.